The molecule has 1 aromatic carbocycles. The largest absolute Gasteiger partial charge is 0.494 e. The number of carbonyl (C=O) groups excluding carboxylic acids is 1. The number of nitrogens with zero attached hydrogens (tertiary/aromatic N) is 2. The molecule has 26 heavy (non-hydrogen) atoms. The van der Waals surface area contributed by atoms with Crippen molar-refractivity contribution in [1.82, 2.24) is 20.1 Å². The van der Waals surface area contributed by atoms with E-state index in [2.05, 4.69) is 15.5 Å². The molecule has 0 radical (unpaired) electrons. The maximum absolute atomic E-state index is 12.2. The molecule has 1 heterocycles. The molecule has 0 unspecified atom stereocenters. The first-order valence-corrected chi connectivity index (χ1v) is 9.73. The Balaban J connectivity index is 1.60. The lowest BCUT2D eigenvalue weighted by Crippen LogP contribution is -2.29. The maximum Gasteiger partial charge on any atom is 0.221 e. The van der Waals surface area contributed by atoms with Crippen LogP contribution in [-0.4, -0.2) is 33.8 Å². The van der Waals surface area contributed by atoms with E-state index < -0.39 is 0 Å². The quantitative estimate of drug-likeness (QED) is 0.691. The molecule has 0 saturated heterocycles. The van der Waals surface area contributed by atoms with Crippen LogP contribution in [0, 0.1) is 10.7 Å². The predicted molar refractivity (Wildman–Crippen MR) is 104 cm³/mol. The van der Waals surface area contributed by atoms with E-state index in [1.165, 1.54) is 25.7 Å². The fraction of sp³-hybridized carbons (Fsp3) is 0.526. The maximum atomic E-state index is 12.2. The van der Waals surface area contributed by atoms with Gasteiger partial charge in [0.05, 0.1) is 6.61 Å². The highest BCUT2D eigenvalue weighted by molar-refractivity contribution is 7.71. The second-order valence-electron chi connectivity index (χ2n) is 6.67. The predicted octanol–water partition coefficient (Wildman–Crippen LogP) is 3.70. The van der Waals surface area contributed by atoms with Gasteiger partial charge in [0.25, 0.3) is 0 Å². The second-order valence-corrected chi connectivity index (χ2v) is 7.05. The summed E-state index contributed by atoms with van der Waals surface area (Å²) in [6.07, 6.45) is 5.43. The zero-order valence-electron chi connectivity index (χ0n) is 15.2. The topological polar surface area (TPSA) is 71.9 Å². The highest BCUT2D eigenvalue weighted by Crippen LogP contribution is 2.24. The third kappa shape index (κ3) is 4.72. The lowest BCUT2D eigenvalue weighted by molar-refractivity contribution is -0.121. The Morgan fingerprint density at radius 2 is 2.08 bits per heavy atom. The lowest BCUT2D eigenvalue weighted by atomic mass is 10.1. The number of aromatic amines is 1. The van der Waals surface area contributed by atoms with Crippen LogP contribution in [0.15, 0.2) is 24.3 Å². The van der Waals surface area contributed by atoms with E-state index in [4.69, 9.17) is 17.0 Å². The fourth-order valence-corrected chi connectivity index (χ4v) is 3.61. The molecule has 140 valence electrons. The van der Waals surface area contributed by atoms with Gasteiger partial charge in [-0.3, -0.25) is 14.5 Å². The number of rotatable bonds is 8. The zero-order valence-corrected chi connectivity index (χ0v) is 16.0. The molecule has 1 fully saturated rings. The average molecular weight is 375 g/mol. The Kier molecular flexibility index (Phi) is 6.44. The first-order valence-electron chi connectivity index (χ1n) is 9.32. The number of hydrogen-bond acceptors (Lipinski definition) is 4. The molecule has 1 aliphatic rings. The van der Waals surface area contributed by atoms with E-state index in [1.807, 2.05) is 35.8 Å². The first kappa shape index (κ1) is 18.6. The molecule has 0 spiro atoms. The lowest BCUT2D eigenvalue weighted by Gasteiger charge is -2.11. The van der Waals surface area contributed by atoms with Gasteiger partial charge >= 0.3 is 0 Å². The summed E-state index contributed by atoms with van der Waals surface area (Å²) in [7, 11) is 0. The first-order chi connectivity index (χ1) is 12.7. The smallest absolute Gasteiger partial charge is 0.221 e. The fourth-order valence-electron chi connectivity index (χ4n) is 3.39. The average Bonchev–Trinajstić information content (AvgIpc) is 3.29. The van der Waals surface area contributed by atoms with Gasteiger partial charge in [0.15, 0.2) is 10.6 Å². The number of amides is 1. The number of hydrogen-bond donors (Lipinski definition) is 2. The van der Waals surface area contributed by atoms with Gasteiger partial charge in [0.1, 0.15) is 5.75 Å². The molecular formula is C19H26N4O2S. The van der Waals surface area contributed by atoms with Gasteiger partial charge in [-0.15, -0.1) is 0 Å². The van der Waals surface area contributed by atoms with Crippen molar-refractivity contribution in [3.63, 3.8) is 0 Å². The van der Waals surface area contributed by atoms with E-state index in [0.717, 1.165) is 23.7 Å². The van der Waals surface area contributed by atoms with Crippen LogP contribution in [0.5, 0.6) is 5.75 Å². The molecule has 1 amide bonds. The minimum Gasteiger partial charge on any atom is -0.494 e. The summed E-state index contributed by atoms with van der Waals surface area (Å²) in [6.45, 7) is 3.89. The van der Waals surface area contributed by atoms with Gasteiger partial charge in [-0.1, -0.05) is 12.8 Å². The molecule has 0 aliphatic heterocycles. The van der Waals surface area contributed by atoms with Gasteiger partial charge in [0, 0.05) is 25.1 Å². The molecule has 2 N–H and O–H groups in total. The number of ether oxygens (including phenoxy) is 1. The molecule has 2 aromatic rings. The van der Waals surface area contributed by atoms with Crippen LogP contribution in [0.3, 0.4) is 0 Å². The van der Waals surface area contributed by atoms with E-state index >= 15 is 0 Å². The Morgan fingerprint density at radius 1 is 1.35 bits per heavy atom. The van der Waals surface area contributed by atoms with E-state index in [9.17, 15) is 4.79 Å². The van der Waals surface area contributed by atoms with Crippen LogP contribution in [0.2, 0.25) is 0 Å². The van der Waals surface area contributed by atoms with Crippen molar-refractivity contribution in [2.24, 2.45) is 5.92 Å². The molecular weight excluding hydrogens is 348 g/mol. The summed E-state index contributed by atoms with van der Waals surface area (Å²) in [5, 5.41) is 10.2. The van der Waals surface area contributed by atoms with Crippen LogP contribution in [0.25, 0.3) is 11.4 Å². The van der Waals surface area contributed by atoms with Crippen molar-refractivity contribution in [1.29, 1.82) is 0 Å². The number of H-pyrrole nitrogens is 1. The van der Waals surface area contributed by atoms with Crippen molar-refractivity contribution in [2.75, 3.05) is 13.2 Å². The van der Waals surface area contributed by atoms with E-state index in [0.29, 0.717) is 30.3 Å². The van der Waals surface area contributed by atoms with Gasteiger partial charge < -0.3 is 10.1 Å². The molecule has 3 rings (SSSR count). The van der Waals surface area contributed by atoms with Crippen LogP contribution in [-0.2, 0) is 11.3 Å². The van der Waals surface area contributed by atoms with Gasteiger partial charge in [-0.2, -0.15) is 5.10 Å². The Hall–Kier alpha value is -2.15. The standard InChI is InChI=1S/C19H26N4O2S/c1-2-25-16-9-7-15(8-10-16)18-21-22-19(26)23(18)12-11-17(24)20-13-14-5-3-4-6-14/h7-10,14H,2-6,11-13H2,1H3,(H,20,24)(H,22,26). The third-order valence-corrected chi connectivity index (χ3v) is 5.12. The second kappa shape index (κ2) is 8.98. The molecule has 1 aromatic heterocycles. The number of carbonyl (C=O) groups is 1. The monoisotopic (exact) mass is 374 g/mol. The van der Waals surface area contributed by atoms with Gasteiger partial charge in [0.2, 0.25) is 5.91 Å². The van der Waals surface area contributed by atoms with Crippen LogP contribution in [0.4, 0.5) is 0 Å². The van der Waals surface area contributed by atoms with Crippen molar-refractivity contribution in [3.8, 4) is 17.1 Å². The van der Waals surface area contributed by atoms with Crippen molar-refractivity contribution < 1.29 is 9.53 Å². The minimum absolute atomic E-state index is 0.0673. The molecule has 0 bridgehead atoms. The van der Waals surface area contributed by atoms with Gasteiger partial charge in [-0.25, -0.2) is 0 Å². The van der Waals surface area contributed by atoms with Crippen LogP contribution in [0.1, 0.15) is 39.0 Å². The van der Waals surface area contributed by atoms with Crippen molar-refractivity contribution in [2.45, 2.75) is 45.6 Å². The van der Waals surface area contributed by atoms with Gasteiger partial charge in [-0.05, 0) is 62.2 Å². The summed E-state index contributed by atoms with van der Waals surface area (Å²) >= 11 is 5.33. The molecule has 1 aliphatic carbocycles. The van der Waals surface area contributed by atoms with Crippen LogP contribution >= 0.6 is 12.2 Å². The number of nitrogens with one attached hydrogen (secondary N) is 2. The summed E-state index contributed by atoms with van der Waals surface area (Å²) in [6, 6.07) is 7.73. The zero-order chi connectivity index (χ0) is 18.4. The summed E-state index contributed by atoms with van der Waals surface area (Å²) in [4.78, 5) is 12.2. The Labute approximate surface area is 159 Å². The normalized spacial score (nSPS) is 14.5. The highest BCUT2D eigenvalue weighted by Gasteiger charge is 2.16. The third-order valence-electron chi connectivity index (χ3n) is 4.81. The minimum atomic E-state index is 0.0673. The van der Waals surface area contributed by atoms with Crippen molar-refractivity contribution >= 4 is 18.1 Å². The Bertz CT molecular complexity index is 776. The van der Waals surface area contributed by atoms with E-state index in [1.54, 1.807) is 0 Å². The molecule has 6 nitrogen and oxygen atoms in total. The molecule has 7 heteroatoms. The van der Waals surface area contributed by atoms with Crippen LogP contribution < -0.4 is 10.1 Å². The Morgan fingerprint density at radius 3 is 2.77 bits per heavy atom. The number of benzene rings is 1. The highest BCUT2D eigenvalue weighted by atomic mass is 32.1. The van der Waals surface area contributed by atoms with Crippen molar-refractivity contribution in [3.05, 3.63) is 29.0 Å². The summed E-state index contributed by atoms with van der Waals surface area (Å²) < 4.78 is 7.87. The molecule has 1 saturated carbocycles. The molecule has 0 atom stereocenters. The van der Waals surface area contributed by atoms with E-state index in [-0.39, 0.29) is 5.91 Å². The summed E-state index contributed by atoms with van der Waals surface area (Å²) in [5.41, 5.74) is 0.937. The SMILES string of the molecule is CCOc1ccc(-c2n[nH]c(=S)n2CCC(=O)NCC2CCCC2)cc1. The number of aromatic nitrogens is 3. The summed E-state index contributed by atoms with van der Waals surface area (Å²) in [5.74, 6) is 2.27.